The van der Waals surface area contributed by atoms with Crippen LogP contribution in [-0.2, 0) is 4.79 Å². The Labute approximate surface area is 243 Å². The van der Waals surface area contributed by atoms with Gasteiger partial charge in [-0.25, -0.2) is 4.98 Å². The average Bonchev–Trinajstić information content (AvgIpc) is 3.59. The number of nitrogens with zero attached hydrogens (tertiary/aromatic N) is 4. The van der Waals surface area contributed by atoms with Crippen LogP contribution < -0.4 is 20.7 Å². The van der Waals surface area contributed by atoms with E-state index in [4.69, 9.17) is 22.1 Å². The maximum atomic E-state index is 14.6. The molecule has 1 unspecified atom stereocenters. The van der Waals surface area contributed by atoms with Crippen molar-refractivity contribution in [2.45, 2.75) is 37.6 Å². The van der Waals surface area contributed by atoms with Crippen molar-refractivity contribution in [3.8, 4) is 17.0 Å². The highest BCUT2D eigenvalue weighted by molar-refractivity contribution is 6.31. The molecule has 5 N–H and O–H groups in total. The van der Waals surface area contributed by atoms with E-state index in [0.717, 1.165) is 0 Å². The van der Waals surface area contributed by atoms with Gasteiger partial charge in [0.2, 0.25) is 17.9 Å². The van der Waals surface area contributed by atoms with Gasteiger partial charge in [-0.3, -0.25) is 4.79 Å². The number of halogens is 4. The number of rotatable bonds is 6. The zero-order chi connectivity index (χ0) is 29.6. The number of nitrogens with two attached hydrogens (primary N) is 1. The topological polar surface area (TPSA) is 142 Å². The highest BCUT2D eigenvalue weighted by Crippen LogP contribution is 2.44. The van der Waals surface area contributed by atoms with Crippen molar-refractivity contribution in [3.05, 3.63) is 59.4 Å². The summed E-state index contributed by atoms with van der Waals surface area (Å²) in [4.78, 5) is 28.8. The number of alkyl halides is 3. The maximum absolute atomic E-state index is 14.6. The zero-order valence-electron chi connectivity index (χ0n) is 22.2. The first kappa shape index (κ1) is 28.0. The first-order valence-electron chi connectivity index (χ1n) is 13.3. The summed E-state index contributed by atoms with van der Waals surface area (Å²) >= 11 is 6.24. The van der Waals surface area contributed by atoms with E-state index in [-0.39, 0.29) is 33.4 Å². The van der Waals surface area contributed by atoms with E-state index >= 15 is 0 Å². The van der Waals surface area contributed by atoms with Crippen LogP contribution in [0.25, 0.3) is 22.2 Å². The second-order valence-electron chi connectivity index (χ2n) is 10.8. The molecule has 220 valence electrons. The van der Waals surface area contributed by atoms with Crippen LogP contribution in [0.4, 0.5) is 24.9 Å². The lowest BCUT2D eigenvalue weighted by Crippen LogP contribution is -2.41. The number of para-hydroxylation sites is 1. The molecule has 2 aliphatic rings. The zero-order valence-corrected chi connectivity index (χ0v) is 22.9. The molecule has 0 radical (unpaired) electrons. The molecule has 0 aliphatic carbocycles. The van der Waals surface area contributed by atoms with E-state index < -0.39 is 24.3 Å². The SMILES string of the molecule is Nc1nc(O[C@H](c2ccc(Cl)cc2-c2cccc3[nH]cnc23)C(F)(F)F)cc(N2CCC3(CC2)CNC(C(=O)O)C3)n1. The number of H-pyrrole nitrogens is 1. The molecule has 2 aromatic carbocycles. The molecular weight excluding hydrogens is 575 g/mol. The van der Waals surface area contributed by atoms with Crippen LogP contribution in [0.15, 0.2) is 48.8 Å². The predicted octanol–water partition coefficient (Wildman–Crippen LogP) is 4.97. The first-order valence-corrected chi connectivity index (χ1v) is 13.7. The summed E-state index contributed by atoms with van der Waals surface area (Å²) in [5, 5.41) is 12.7. The van der Waals surface area contributed by atoms with Gasteiger partial charge in [0.05, 0.1) is 17.4 Å². The van der Waals surface area contributed by atoms with Gasteiger partial charge in [0.1, 0.15) is 11.9 Å². The van der Waals surface area contributed by atoms with Crippen molar-refractivity contribution in [1.82, 2.24) is 25.3 Å². The third-order valence-electron chi connectivity index (χ3n) is 8.09. The minimum absolute atomic E-state index is 0.152. The summed E-state index contributed by atoms with van der Waals surface area (Å²) in [5.41, 5.74) is 7.44. The molecule has 2 aliphatic heterocycles. The lowest BCUT2D eigenvalue weighted by Gasteiger charge is -2.39. The number of imidazole rings is 1. The molecule has 4 aromatic rings. The van der Waals surface area contributed by atoms with E-state index in [9.17, 15) is 23.1 Å². The number of aliphatic carboxylic acids is 1. The smallest absolute Gasteiger partial charge is 0.429 e. The van der Waals surface area contributed by atoms with Crippen molar-refractivity contribution < 1.29 is 27.8 Å². The normalized spacial score (nSPS) is 19.3. The van der Waals surface area contributed by atoms with Crippen molar-refractivity contribution in [2.75, 3.05) is 30.3 Å². The van der Waals surface area contributed by atoms with Crippen molar-refractivity contribution in [1.29, 1.82) is 0 Å². The third kappa shape index (κ3) is 5.41. The number of piperidine rings is 1. The number of carboxylic acids is 1. The van der Waals surface area contributed by atoms with Crippen LogP contribution in [0, 0.1) is 5.41 Å². The number of nitrogens with one attached hydrogen (secondary N) is 2. The number of carboxylic acid groups (broad SMARTS) is 1. The van der Waals surface area contributed by atoms with E-state index in [1.807, 2.05) is 4.90 Å². The van der Waals surface area contributed by atoms with Gasteiger partial charge in [0, 0.05) is 41.9 Å². The van der Waals surface area contributed by atoms with Gasteiger partial charge in [-0.05, 0) is 48.4 Å². The van der Waals surface area contributed by atoms with Crippen LogP contribution >= 0.6 is 11.6 Å². The summed E-state index contributed by atoms with van der Waals surface area (Å²) in [5.74, 6) is -1.09. The Morgan fingerprint density at radius 3 is 2.67 bits per heavy atom. The molecule has 2 aromatic heterocycles. The lowest BCUT2D eigenvalue weighted by molar-refractivity contribution is -0.198. The van der Waals surface area contributed by atoms with Crippen molar-refractivity contribution in [3.63, 3.8) is 0 Å². The predicted molar refractivity (Wildman–Crippen MR) is 150 cm³/mol. The summed E-state index contributed by atoms with van der Waals surface area (Å²) in [6.45, 7) is 1.66. The number of aromatic nitrogens is 4. The standard InChI is InChI=1S/C28H27ClF3N7O3/c29-15-4-5-17(18(10-15)16-2-1-3-19-23(16)36-14-35-19)24(28(30,31)32)42-22-11-21(37-26(33)38-22)39-8-6-27(7-9-39)12-20(25(40)41)34-13-27/h1-5,10-11,14,20,24,34H,6-9,12-13H2,(H,35,36)(H,40,41)(H2,33,37,38)/t20?,24-/m1/s1. The Balaban J connectivity index is 1.30. The number of carbonyl (C=O) groups is 1. The maximum Gasteiger partial charge on any atom is 0.429 e. The van der Waals surface area contributed by atoms with Gasteiger partial charge in [-0.1, -0.05) is 29.8 Å². The number of benzene rings is 2. The second-order valence-corrected chi connectivity index (χ2v) is 11.2. The van der Waals surface area contributed by atoms with Crippen LogP contribution in [-0.4, -0.2) is 62.9 Å². The summed E-state index contributed by atoms with van der Waals surface area (Å²) in [6.07, 6.45) is -3.83. The monoisotopic (exact) mass is 601 g/mol. The minimum atomic E-state index is -4.82. The fourth-order valence-corrected chi connectivity index (χ4v) is 6.11. The van der Waals surface area contributed by atoms with Crippen LogP contribution in [0.3, 0.4) is 0 Å². The fourth-order valence-electron chi connectivity index (χ4n) is 5.94. The molecule has 4 heterocycles. The fraction of sp³-hybridized carbons (Fsp3) is 0.357. The Kier molecular flexibility index (Phi) is 7.09. The average molecular weight is 602 g/mol. The van der Waals surface area contributed by atoms with Crippen LogP contribution in [0.1, 0.15) is 30.9 Å². The van der Waals surface area contributed by atoms with Crippen molar-refractivity contribution >= 4 is 40.4 Å². The van der Waals surface area contributed by atoms with Gasteiger partial charge in [0.15, 0.2) is 0 Å². The molecule has 2 fully saturated rings. The van der Waals surface area contributed by atoms with E-state index in [1.54, 1.807) is 18.2 Å². The van der Waals surface area contributed by atoms with E-state index in [0.29, 0.717) is 61.3 Å². The van der Waals surface area contributed by atoms with E-state index in [1.165, 1.54) is 30.6 Å². The Hall–Kier alpha value is -4.10. The molecule has 14 heteroatoms. The van der Waals surface area contributed by atoms with Gasteiger partial charge in [-0.2, -0.15) is 23.1 Å². The minimum Gasteiger partial charge on any atom is -0.480 e. The summed E-state index contributed by atoms with van der Waals surface area (Å²) in [6, 6.07) is 10.1. The molecule has 2 atom stereocenters. The number of nitrogen functional groups attached to an aromatic ring is 1. The van der Waals surface area contributed by atoms with Crippen molar-refractivity contribution in [2.24, 2.45) is 5.41 Å². The van der Waals surface area contributed by atoms with Gasteiger partial charge in [0.25, 0.3) is 0 Å². The number of hydrogen-bond acceptors (Lipinski definition) is 8. The molecular formula is C28H27ClF3N7O3. The van der Waals surface area contributed by atoms with E-state index in [2.05, 4.69) is 25.3 Å². The first-order chi connectivity index (χ1) is 20.0. The Morgan fingerprint density at radius 1 is 1.17 bits per heavy atom. The number of aromatic amines is 1. The lowest BCUT2D eigenvalue weighted by atomic mass is 9.76. The quantitative estimate of drug-likeness (QED) is 0.241. The number of anilines is 2. The number of hydrogen-bond donors (Lipinski definition) is 4. The third-order valence-corrected chi connectivity index (χ3v) is 8.32. The van der Waals surface area contributed by atoms with Gasteiger partial charge in [-0.15, -0.1) is 0 Å². The molecule has 42 heavy (non-hydrogen) atoms. The summed E-state index contributed by atoms with van der Waals surface area (Å²) in [7, 11) is 0. The molecule has 0 saturated carbocycles. The number of fused-ring (bicyclic) bond motifs is 1. The molecule has 2 saturated heterocycles. The van der Waals surface area contributed by atoms with Crippen LogP contribution in [0.5, 0.6) is 5.88 Å². The van der Waals surface area contributed by atoms with Crippen LogP contribution in [0.2, 0.25) is 5.02 Å². The number of ether oxygens (including phenoxy) is 1. The highest BCUT2D eigenvalue weighted by atomic mass is 35.5. The Bertz CT molecular complexity index is 1640. The summed E-state index contributed by atoms with van der Waals surface area (Å²) < 4.78 is 49.5. The highest BCUT2D eigenvalue weighted by Gasteiger charge is 2.46. The molecule has 1 spiro atoms. The molecule has 0 bridgehead atoms. The Morgan fingerprint density at radius 2 is 1.95 bits per heavy atom. The largest absolute Gasteiger partial charge is 0.480 e. The molecule has 6 rings (SSSR count). The molecule has 10 nitrogen and oxygen atoms in total. The molecule has 0 amide bonds. The van der Waals surface area contributed by atoms with Gasteiger partial charge < -0.3 is 30.8 Å². The van der Waals surface area contributed by atoms with Gasteiger partial charge >= 0.3 is 12.1 Å². The second kappa shape index (κ2) is 10.6.